The Bertz CT molecular complexity index is 930. The van der Waals surface area contributed by atoms with E-state index in [0.29, 0.717) is 0 Å². The van der Waals surface area contributed by atoms with E-state index in [-0.39, 0.29) is 6.17 Å². The summed E-state index contributed by atoms with van der Waals surface area (Å²) in [5, 5.41) is 0. The van der Waals surface area contributed by atoms with Gasteiger partial charge >= 0.3 is 0 Å². The summed E-state index contributed by atoms with van der Waals surface area (Å²) >= 11 is 0. The van der Waals surface area contributed by atoms with Crippen molar-refractivity contribution < 1.29 is 0 Å². The van der Waals surface area contributed by atoms with Gasteiger partial charge in [-0.25, -0.2) is 0 Å². The van der Waals surface area contributed by atoms with E-state index < -0.39 is 0 Å². The second-order valence-electron chi connectivity index (χ2n) is 6.75. The lowest BCUT2D eigenvalue weighted by Gasteiger charge is -2.35. The molecule has 118 valence electrons. The lowest BCUT2D eigenvalue weighted by Crippen LogP contribution is -2.37. The summed E-state index contributed by atoms with van der Waals surface area (Å²) in [6.45, 7) is 4.53. The van der Waals surface area contributed by atoms with Crippen LogP contribution in [-0.2, 0) is 6.42 Å². The van der Waals surface area contributed by atoms with Crippen LogP contribution in [0.5, 0.6) is 0 Å². The van der Waals surface area contributed by atoms with Crippen LogP contribution in [0.3, 0.4) is 0 Å². The number of para-hydroxylation sites is 3. The van der Waals surface area contributed by atoms with E-state index in [1.54, 1.807) is 0 Å². The highest BCUT2D eigenvalue weighted by Gasteiger charge is 2.39. The third-order valence-corrected chi connectivity index (χ3v) is 5.32. The molecular formula is C22H20N2. The highest BCUT2D eigenvalue weighted by Crippen LogP contribution is 2.53. The van der Waals surface area contributed by atoms with E-state index in [0.717, 1.165) is 6.42 Å². The predicted molar refractivity (Wildman–Crippen MR) is 101 cm³/mol. The van der Waals surface area contributed by atoms with Crippen LogP contribution in [0, 0.1) is 6.92 Å². The van der Waals surface area contributed by atoms with Gasteiger partial charge in [-0.3, -0.25) is 0 Å². The van der Waals surface area contributed by atoms with E-state index in [9.17, 15) is 0 Å². The monoisotopic (exact) mass is 312 g/mol. The third-order valence-electron chi connectivity index (χ3n) is 5.32. The molecular weight excluding hydrogens is 292 g/mol. The molecule has 0 N–H and O–H groups in total. The number of aryl methyl sites for hydroxylation is 1. The van der Waals surface area contributed by atoms with Crippen LogP contribution in [0.25, 0.3) is 0 Å². The Morgan fingerprint density at radius 1 is 0.750 bits per heavy atom. The Morgan fingerprint density at radius 2 is 1.46 bits per heavy atom. The molecule has 3 aromatic rings. The van der Waals surface area contributed by atoms with Crippen LogP contribution in [0.4, 0.5) is 22.7 Å². The number of rotatable bonds is 1. The van der Waals surface area contributed by atoms with Crippen molar-refractivity contribution >= 4 is 22.7 Å². The van der Waals surface area contributed by atoms with Crippen LogP contribution < -0.4 is 9.80 Å². The van der Waals surface area contributed by atoms with Crippen molar-refractivity contribution in [2.75, 3.05) is 9.80 Å². The van der Waals surface area contributed by atoms with Gasteiger partial charge in [-0.05, 0) is 48.7 Å². The van der Waals surface area contributed by atoms with Crippen molar-refractivity contribution in [1.29, 1.82) is 0 Å². The fraction of sp³-hybridized carbons (Fsp3) is 0.182. The minimum Gasteiger partial charge on any atom is -0.319 e. The molecule has 2 nitrogen and oxygen atoms in total. The molecule has 0 bridgehead atoms. The lowest BCUT2D eigenvalue weighted by molar-refractivity contribution is 0.750. The lowest BCUT2D eigenvalue weighted by atomic mass is 9.93. The number of hydrogen-bond donors (Lipinski definition) is 0. The van der Waals surface area contributed by atoms with E-state index in [1.165, 1.54) is 39.4 Å². The molecule has 0 fully saturated rings. The maximum Gasteiger partial charge on any atom is 0.108 e. The summed E-state index contributed by atoms with van der Waals surface area (Å²) in [6, 6.07) is 24.1. The molecule has 0 saturated heterocycles. The number of benzene rings is 3. The number of fused-ring (bicyclic) bond motifs is 2. The fourth-order valence-electron chi connectivity index (χ4n) is 4.35. The number of anilines is 4. The van der Waals surface area contributed by atoms with Crippen molar-refractivity contribution in [2.45, 2.75) is 26.4 Å². The van der Waals surface area contributed by atoms with Crippen LogP contribution in [0.15, 0.2) is 66.7 Å². The van der Waals surface area contributed by atoms with Crippen LogP contribution in [-0.4, -0.2) is 6.17 Å². The molecule has 2 aliphatic rings. The molecule has 2 heteroatoms. The summed E-state index contributed by atoms with van der Waals surface area (Å²) in [5.74, 6) is 0. The molecule has 0 aromatic heterocycles. The zero-order valence-electron chi connectivity index (χ0n) is 14.0. The minimum atomic E-state index is 0.267. The predicted octanol–water partition coefficient (Wildman–Crippen LogP) is 5.54. The SMILES string of the molecule is Cc1cccc2c1N1c3c(cccc3N(c3ccccc3)C1C)C2. The number of nitrogens with zero attached hydrogens (tertiary/aromatic N) is 2. The van der Waals surface area contributed by atoms with Crippen molar-refractivity contribution in [2.24, 2.45) is 0 Å². The van der Waals surface area contributed by atoms with Gasteiger partial charge in [0.15, 0.2) is 0 Å². The van der Waals surface area contributed by atoms with Crippen LogP contribution in [0.1, 0.15) is 23.6 Å². The average molecular weight is 312 g/mol. The topological polar surface area (TPSA) is 6.48 Å². The van der Waals surface area contributed by atoms with Gasteiger partial charge in [0.2, 0.25) is 0 Å². The van der Waals surface area contributed by atoms with Crippen molar-refractivity contribution in [3.63, 3.8) is 0 Å². The van der Waals surface area contributed by atoms with Gasteiger partial charge in [-0.15, -0.1) is 0 Å². The Balaban J connectivity index is 1.78. The molecule has 3 aromatic carbocycles. The molecule has 0 spiro atoms. The van der Waals surface area contributed by atoms with E-state index in [4.69, 9.17) is 0 Å². The van der Waals surface area contributed by atoms with Gasteiger partial charge in [0.25, 0.3) is 0 Å². The van der Waals surface area contributed by atoms with Crippen molar-refractivity contribution in [3.8, 4) is 0 Å². The highest BCUT2D eigenvalue weighted by molar-refractivity contribution is 5.93. The molecule has 0 amide bonds. The first-order valence-corrected chi connectivity index (χ1v) is 8.59. The Labute approximate surface area is 143 Å². The Hall–Kier alpha value is -2.74. The maximum absolute atomic E-state index is 2.53. The first kappa shape index (κ1) is 13.7. The van der Waals surface area contributed by atoms with Gasteiger partial charge in [-0.1, -0.05) is 48.5 Å². The molecule has 2 heterocycles. The molecule has 5 rings (SSSR count). The van der Waals surface area contributed by atoms with Crippen LogP contribution >= 0.6 is 0 Å². The summed E-state index contributed by atoms with van der Waals surface area (Å²) in [5.41, 5.74) is 9.56. The van der Waals surface area contributed by atoms with Gasteiger partial charge in [-0.2, -0.15) is 0 Å². The Kier molecular flexibility index (Phi) is 2.78. The highest BCUT2D eigenvalue weighted by atomic mass is 15.4. The average Bonchev–Trinajstić information content (AvgIpc) is 2.90. The van der Waals surface area contributed by atoms with Crippen molar-refractivity contribution in [1.82, 2.24) is 0 Å². The molecule has 0 saturated carbocycles. The Morgan fingerprint density at radius 3 is 2.25 bits per heavy atom. The molecule has 1 unspecified atom stereocenters. The van der Waals surface area contributed by atoms with Crippen molar-refractivity contribution in [3.05, 3.63) is 83.4 Å². The van der Waals surface area contributed by atoms with Gasteiger partial charge in [0.05, 0.1) is 11.4 Å². The van der Waals surface area contributed by atoms with Gasteiger partial charge < -0.3 is 9.80 Å². The summed E-state index contributed by atoms with van der Waals surface area (Å²) < 4.78 is 0. The molecule has 0 aliphatic carbocycles. The first-order valence-electron chi connectivity index (χ1n) is 8.59. The van der Waals surface area contributed by atoms with E-state index in [2.05, 4.69) is 90.4 Å². The summed E-state index contributed by atoms with van der Waals surface area (Å²) in [6.07, 6.45) is 1.29. The smallest absolute Gasteiger partial charge is 0.108 e. The quantitative estimate of drug-likeness (QED) is 0.582. The summed E-state index contributed by atoms with van der Waals surface area (Å²) in [4.78, 5) is 4.99. The molecule has 2 aliphatic heterocycles. The van der Waals surface area contributed by atoms with E-state index in [1.807, 2.05) is 0 Å². The largest absolute Gasteiger partial charge is 0.319 e. The fourth-order valence-corrected chi connectivity index (χ4v) is 4.35. The third kappa shape index (κ3) is 1.71. The van der Waals surface area contributed by atoms with Gasteiger partial charge in [0.1, 0.15) is 6.17 Å². The molecule has 24 heavy (non-hydrogen) atoms. The normalized spacial score (nSPS) is 17.7. The first-order chi connectivity index (χ1) is 11.8. The zero-order valence-corrected chi connectivity index (χ0v) is 14.0. The van der Waals surface area contributed by atoms with Gasteiger partial charge in [0, 0.05) is 17.8 Å². The second kappa shape index (κ2) is 4.88. The van der Waals surface area contributed by atoms with Crippen LogP contribution in [0.2, 0.25) is 0 Å². The number of hydrogen-bond acceptors (Lipinski definition) is 2. The minimum absolute atomic E-state index is 0.267. The zero-order chi connectivity index (χ0) is 16.3. The maximum atomic E-state index is 2.53. The summed E-state index contributed by atoms with van der Waals surface area (Å²) in [7, 11) is 0. The van der Waals surface area contributed by atoms with E-state index >= 15 is 0 Å². The molecule has 1 atom stereocenters. The molecule has 0 radical (unpaired) electrons. The standard InChI is InChI=1S/C22H20N2/c1-15-8-6-9-17-14-18-10-7-13-20-22(18)24(21(15)17)16(2)23(20)19-11-4-3-5-12-19/h3-13,16H,14H2,1-2H3. The second-order valence-corrected chi connectivity index (χ2v) is 6.75.